The Morgan fingerprint density at radius 3 is 2.67 bits per heavy atom. The van der Waals surface area contributed by atoms with Crippen LogP contribution < -0.4 is 20.2 Å². The maximum absolute atomic E-state index is 12.1. The molecule has 0 aromatic heterocycles. The van der Waals surface area contributed by atoms with E-state index in [1.165, 1.54) is 4.90 Å². The predicted molar refractivity (Wildman–Crippen MR) is 94.5 cm³/mol. The van der Waals surface area contributed by atoms with Crippen LogP contribution in [0.25, 0.3) is 0 Å². The lowest BCUT2D eigenvalue weighted by Crippen LogP contribution is -2.47. The minimum atomic E-state index is -0.840. The van der Waals surface area contributed by atoms with Crippen LogP contribution in [-0.4, -0.2) is 61.4 Å². The van der Waals surface area contributed by atoms with Crippen molar-refractivity contribution in [3.8, 4) is 11.5 Å². The zero-order valence-electron chi connectivity index (χ0n) is 14.8. The van der Waals surface area contributed by atoms with Crippen molar-refractivity contribution in [3.63, 3.8) is 0 Å². The average Bonchev–Trinajstić information content (AvgIpc) is 3.14. The van der Waals surface area contributed by atoms with Crippen LogP contribution in [0.1, 0.15) is 13.3 Å². The number of benzene rings is 1. The Hall–Kier alpha value is -3.14. The number of hydrogen-bond acceptors (Lipinski definition) is 7. The SMILES string of the molecule is CC(CC(=O)Nc1ccc2c(c1)OCO2)=NNC(=O)C(=O)N1CCOCC1. The van der Waals surface area contributed by atoms with Gasteiger partial charge in [-0.15, -0.1) is 0 Å². The fourth-order valence-electron chi connectivity index (χ4n) is 2.56. The van der Waals surface area contributed by atoms with E-state index < -0.39 is 11.8 Å². The van der Waals surface area contributed by atoms with E-state index in [9.17, 15) is 14.4 Å². The minimum Gasteiger partial charge on any atom is -0.454 e. The Kier molecular flexibility index (Phi) is 5.87. The van der Waals surface area contributed by atoms with Gasteiger partial charge in [-0.2, -0.15) is 5.10 Å². The Bertz CT molecular complexity index is 773. The maximum atomic E-state index is 12.1. The maximum Gasteiger partial charge on any atom is 0.329 e. The van der Waals surface area contributed by atoms with Gasteiger partial charge < -0.3 is 24.4 Å². The topological polar surface area (TPSA) is 119 Å². The quantitative estimate of drug-likeness (QED) is 0.437. The number of nitrogens with one attached hydrogen (secondary N) is 2. The number of hydrogen-bond donors (Lipinski definition) is 2. The molecule has 2 N–H and O–H groups in total. The molecule has 1 aromatic carbocycles. The first kappa shape index (κ1) is 18.6. The van der Waals surface area contributed by atoms with E-state index >= 15 is 0 Å². The summed E-state index contributed by atoms with van der Waals surface area (Å²) in [5, 5.41) is 6.52. The van der Waals surface area contributed by atoms with Crippen molar-refractivity contribution in [2.24, 2.45) is 5.10 Å². The summed E-state index contributed by atoms with van der Waals surface area (Å²) in [6, 6.07) is 5.06. The summed E-state index contributed by atoms with van der Waals surface area (Å²) in [5.41, 5.74) is 3.10. The Morgan fingerprint density at radius 2 is 1.89 bits per heavy atom. The summed E-state index contributed by atoms with van der Waals surface area (Å²) in [6.45, 7) is 3.28. The van der Waals surface area contributed by atoms with Gasteiger partial charge in [0.05, 0.1) is 19.6 Å². The third-order valence-corrected chi connectivity index (χ3v) is 3.91. The van der Waals surface area contributed by atoms with Crippen molar-refractivity contribution >= 4 is 29.1 Å². The van der Waals surface area contributed by atoms with E-state index in [1.807, 2.05) is 0 Å². The molecule has 0 unspecified atom stereocenters. The van der Waals surface area contributed by atoms with E-state index in [0.29, 0.717) is 49.2 Å². The lowest BCUT2D eigenvalue weighted by molar-refractivity contribution is -0.148. The summed E-state index contributed by atoms with van der Waals surface area (Å²) in [7, 11) is 0. The summed E-state index contributed by atoms with van der Waals surface area (Å²) in [4.78, 5) is 37.3. The normalized spacial score (nSPS) is 16.0. The van der Waals surface area contributed by atoms with Crippen molar-refractivity contribution in [2.45, 2.75) is 13.3 Å². The standard InChI is InChI=1S/C17H20N4O6/c1-11(19-20-16(23)17(24)21-4-6-25-7-5-21)8-15(22)18-12-2-3-13-14(9-12)27-10-26-13/h2-3,9H,4-8,10H2,1H3,(H,18,22)(H,20,23). The molecule has 1 fully saturated rings. The van der Waals surface area contributed by atoms with E-state index in [-0.39, 0.29) is 19.1 Å². The molecule has 0 spiro atoms. The number of carbonyl (C=O) groups excluding carboxylic acids is 3. The second-order valence-electron chi connectivity index (χ2n) is 5.99. The van der Waals surface area contributed by atoms with Crippen LogP contribution in [0.4, 0.5) is 5.69 Å². The molecule has 0 aliphatic carbocycles. The number of anilines is 1. The highest BCUT2D eigenvalue weighted by molar-refractivity contribution is 6.35. The summed E-state index contributed by atoms with van der Waals surface area (Å²) < 4.78 is 15.6. The molecule has 3 rings (SSSR count). The number of nitrogens with zero attached hydrogens (tertiary/aromatic N) is 2. The third kappa shape index (κ3) is 4.94. The number of ether oxygens (including phenoxy) is 3. The van der Waals surface area contributed by atoms with Gasteiger partial charge in [0.15, 0.2) is 11.5 Å². The van der Waals surface area contributed by atoms with Crippen LogP contribution in [0.2, 0.25) is 0 Å². The largest absolute Gasteiger partial charge is 0.454 e. The number of amides is 3. The van der Waals surface area contributed by atoms with Crippen molar-refractivity contribution in [2.75, 3.05) is 38.4 Å². The van der Waals surface area contributed by atoms with Crippen LogP contribution >= 0.6 is 0 Å². The molecular weight excluding hydrogens is 356 g/mol. The molecule has 0 radical (unpaired) electrons. The van der Waals surface area contributed by atoms with E-state index in [4.69, 9.17) is 14.2 Å². The molecule has 27 heavy (non-hydrogen) atoms. The average molecular weight is 376 g/mol. The molecule has 0 saturated carbocycles. The molecule has 2 aliphatic rings. The molecule has 0 atom stereocenters. The molecule has 0 bridgehead atoms. The lowest BCUT2D eigenvalue weighted by atomic mass is 10.2. The number of rotatable bonds is 4. The zero-order valence-corrected chi connectivity index (χ0v) is 14.8. The van der Waals surface area contributed by atoms with Gasteiger partial charge in [0.1, 0.15) is 0 Å². The molecule has 3 amide bonds. The highest BCUT2D eigenvalue weighted by Gasteiger charge is 2.23. The molecule has 10 heteroatoms. The van der Waals surface area contributed by atoms with Gasteiger partial charge in [-0.3, -0.25) is 14.4 Å². The highest BCUT2D eigenvalue weighted by Crippen LogP contribution is 2.34. The molecule has 10 nitrogen and oxygen atoms in total. The Labute approximate surface area is 155 Å². The molecule has 144 valence electrons. The monoisotopic (exact) mass is 376 g/mol. The number of fused-ring (bicyclic) bond motifs is 1. The predicted octanol–water partition coefficient (Wildman–Crippen LogP) is 0.0948. The number of carbonyl (C=O) groups is 3. The third-order valence-electron chi connectivity index (χ3n) is 3.91. The van der Waals surface area contributed by atoms with Gasteiger partial charge in [-0.05, 0) is 19.1 Å². The second-order valence-corrected chi connectivity index (χ2v) is 5.99. The van der Waals surface area contributed by atoms with Crippen molar-refractivity contribution in [1.82, 2.24) is 10.3 Å². The van der Waals surface area contributed by atoms with Gasteiger partial charge >= 0.3 is 11.8 Å². The van der Waals surface area contributed by atoms with Crippen LogP contribution in [0, 0.1) is 0 Å². The first-order valence-electron chi connectivity index (χ1n) is 8.42. The minimum absolute atomic E-state index is 0.0412. The van der Waals surface area contributed by atoms with Gasteiger partial charge in [0.25, 0.3) is 0 Å². The van der Waals surface area contributed by atoms with Gasteiger partial charge in [-0.1, -0.05) is 0 Å². The lowest BCUT2D eigenvalue weighted by Gasteiger charge is -2.25. The summed E-state index contributed by atoms with van der Waals surface area (Å²) in [5.74, 6) is -0.638. The molecule has 1 saturated heterocycles. The molecule has 2 aliphatic heterocycles. The van der Waals surface area contributed by atoms with Crippen molar-refractivity contribution in [3.05, 3.63) is 18.2 Å². The Balaban J connectivity index is 1.47. The van der Waals surface area contributed by atoms with Crippen molar-refractivity contribution < 1.29 is 28.6 Å². The summed E-state index contributed by atoms with van der Waals surface area (Å²) >= 11 is 0. The van der Waals surface area contributed by atoms with E-state index in [2.05, 4.69) is 15.8 Å². The Morgan fingerprint density at radius 1 is 1.15 bits per heavy atom. The highest BCUT2D eigenvalue weighted by atomic mass is 16.7. The first-order chi connectivity index (χ1) is 13.0. The van der Waals surface area contributed by atoms with Crippen LogP contribution in [0.3, 0.4) is 0 Å². The van der Waals surface area contributed by atoms with Gasteiger partial charge in [-0.25, -0.2) is 5.43 Å². The fraction of sp³-hybridized carbons (Fsp3) is 0.412. The fourth-order valence-corrected chi connectivity index (χ4v) is 2.56. The number of hydrazone groups is 1. The van der Waals surface area contributed by atoms with Crippen LogP contribution in [0.15, 0.2) is 23.3 Å². The van der Waals surface area contributed by atoms with Crippen LogP contribution in [-0.2, 0) is 19.1 Å². The van der Waals surface area contributed by atoms with E-state index in [0.717, 1.165) is 0 Å². The van der Waals surface area contributed by atoms with Gasteiger partial charge in [0, 0.05) is 30.6 Å². The second kappa shape index (κ2) is 8.49. The summed E-state index contributed by atoms with van der Waals surface area (Å²) in [6.07, 6.45) is -0.0412. The van der Waals surface area contributed by atoms with Crippen LogP contribution in [0.5, 0.6) is 11.5 Å². The number of morpholine rings is 1. The van der Waals surface area contributed by atoms with Gasteiger partial charge in [0.2, 0.25) is 12.7 Å². The van der Waals surface area contributed by atoms with E-state index in [1.54, 1.807) is 25.1 Å². The smallest absolute Gasteiger partial charge is 0.329 e. The first-order valence-corrected chi connectivity index (χ1v) is 8.42. The molecule has 2 heterocycles. The molecule has 1 aromatic rings. The molecular formula is C17H20N4O6. The zero-order chi connectivity index (χ0) is 19.2. The van der Waals surface area contributed by atoms with Crippen molar-refractivity contribution in [1.29, 1.82) is 0 Å².